The molecule has 1 aliphatic heterocycles. The van der Waals surface area contributed by atoms with E-state index in [1.54, 1.807) is 7.11 Å². The summed E-state index contributed by atoms with van der Waals surface area (Å²) in [6.45, 7) is 3.72. The van der Waals surface area contributed by atoms with Crippen LogP contribution in [0.3, 0.4) is 0 Å². The highest BCUT2D eigenvalue weighted by molar-refractivity contribution is 5.83. The number of primary amides is 1. The van der Waals surface area contributed by atoms with E-state index in [-0.39, 0.29) is 5.91 Å². The molecule has 1 amide bonds. The highest BCUT2D eigenvalue weighted by Crippen LogP contribution is 2.17. The Morgan fingerprint density at radius 2 is 2.48 bits per heavy atom. The Morgan fingerprint density at radius 1 is 1.62 bits per heavy atom. The first-order valence-electron chi connectivity index (χ1n) is 7.00. The predicted molar refractivity (Wildman–Crippen MR) is 79.0 cm³/mol. The monoisotopic (exact) mass is 294 g/mol. The molecule has 0 saturated carbocycles. The zero-order valence-electron chi connectivity index (χ0n) is 12.2. The van der Waals surface area contributed by atoms with Crippen LogP contribution in [-0.4, -0.2) is 57.0 Å². The van der Waals surface area contributed by atoms with Gasteiger partial charge in [-0.15, -0.1) is 0 Å². The molecular formula is C14H22N4O3. The topological polar surface area (TPSA) is 89.7 Å². The molecule has 1 saturated heterocycles. The molecule has 0 bridgehead atoms. The second-order valence-electron chi connectivity index (χ2n) is 4.88. The predicted octanol–water partition coefficient (Wildman–Crippen LogP) is -0.492. The number of rotatable bonds is 7. The van der Waals surface area contributed by atoms with Crippen molar-refractivity contribution in [3.63, 3.8) is 0 Å². The number of carbonyl (C=O) groups excluding carboxylic acids is 1. The summed E-state index contributed by atoms with van der Waals surface area (Å²) in [5.74, 6) is 0.365. The third kappa shape index (κ3) is 4.38. The van der Waals surface area contributed by atoms with Crippen LogP contribution in [0.5, 0.6) is 0 Å². The Kier molecular flexibility index (Phi) is 5.91. The lowest BCUT2D eigenvalue weighted by Crippen LogP contribution is -2.53. The van der Waals surface area contributed by atoms with Gasteiger partial charge in [0.25, 0.3) is 0 Å². The van der Waals surface area contributed by atoms with E-state index in [1.807, 2.05) is 23.2 Å². The van der Waals surface area contributed by atoms with E-state index in [4.69, 9.17) is 15.2 Å². The van der Waals surface area contributed by atoms with E-state index in [1.165, 1.54) is 0 Å². The molecule has 0 aliphatic carbocycles. The van der Waals surface area contributed by atoms with Gasteiger partial charge < -0.3 is 25.4 Å². The van der Waals surface area contributed by atoms with E-state index in [2.05, 4.69) is 10.3 Å². The Balaban J connectivity index is 1.95. The third-order valence-electron chi connectivity index (χ3n) is 3.37. The number of aromatic nitrogens is 1. The Hall–Kier alpha value is -1.70. The number of hydrogen-bond acceptors (Lipinski definition) is 6. The van der Waals surface area contributed by atoms with E-state index in [0.29, 0.717) is 26.4 Å². The van der Waals surface area contributed by atoms with Crippen molar-refractivity contribution in [3.8, 4) is 0 Å². The third-order valence-corrected chi connectivity index (χ3v) is 3.37. The molecule has 7 nitrogen and oxygen atoms in total. The number of methoxy groups -OCH3 is 1. The fourth-order valence-corrected chi connectivity index (χ4v) is 2.21. The molecule has 116 valence electrons. The van der Waals surface area contributed by atoms with Crippen molar-refractivity contribution in [2.24, 2.45) is 5.73 Å². The molecule has 0 spiro atoms. The molecule has 3 N–H and O–H groups in total. The SMILES string of the molecule is COCCNCc1ccc(N2CCOCC2C(N)=O)nc1. The van der Waals surface area contributed by atoms with Gasteiger partial charge in [0.2, 0.25) is 5.91 Å². The summed E-state index contributed by atoms with van der Waals surface area (Å²) >= 11 is 0. The van der Waals surface area contributed by atoms with E-state index in [9.17, 15) is 4.79 Å². The summed E-state index contributed by atoms with van der Waals surface area (Å²) < 4.78 is 10.3. The number of nitrogens with zero attached hydrogens (tertiary/aromatic N) is 2. The molecule has 7 heteroatoms. The molecule has 1 aliphatic rings. The molecule has 1 atom stereocenters. The summed E-state index contributed by atoms with van der Waals surface area (Å²) in [7, 11) is 1.68. The molecule has 1 fully saturated rings. The van der Waals surface area contributed by atoms with Crippen molar-refractivity contribution >= 4 is 11.7 Å². The second kappa shape index (κ2) is 7.92. The summed E-state index contributed by atoms with van der Waals surface area (Å²) in [6.07, 6.45) is 1.81. The van der Waals surface area contributed by atoms with Crippen molar-refractivity contribution in [2.45, 2.75) is 12.6 Å². The number of nitrogens with one attached hydrogen (secondary N) is 1. The number of anilines is 1. The number of morpholine rings is 1. The lowest BCUT2D eigenvalue weighted by Gasteiger charge is -2.34. The highest BCUT2D eigenvalue weighted by atomic mass is 16.5. The number of nitrogens with two attached hydrogens (primary N) is 1. The molecule has 2 heterocycles. The molecule has 1 aromatic rings. The Morgan fingerprint density at radius 3 is 3.14 bits per heavy atom. The van der Waals surface area contributed by atoms with Crippen LogP contribution in [0.25, 0.3) is 0 Å². The zero-order valence-corrected chi connectivity index (χ0v) is 12.2. The van der Waals surface area contributed by atoms with Gasteiger partial charge in [-0.05, 0) is 11.6 Å². The maximum Gasteiger partial charge on any atom is 0.242 e. The number of hydrogen-bond donors (Lipinski definition) is 2. The number of ether oxygens (including phenoxy) is 2. The van der Waals surface area contributed by atoms with Crippen LogP contribution in [0.1, 0.15) is 5.56 Å². The van der Waals surface area contributed by atoms with Crippen LogP contribution in [0.4, 0.5) is 5.82 Å². The summed E-state index contributed by atoms with van der Waals surface area (Å²) in [5, 5.41) is 3.26. The number of amides is 1. The minimum absolute atomic E-state index is 0.317. The first-order valence-corrected chi connectivity index (χ1v) is 7.00. The first-order chi connectivity index (χ1) is 10.2. The van der Waals surface area contributed by atoms with Gasteiger partial charge >= 0.3 is 0 Å². The average molecular weight is 294 g/mol. The normalized spacial score (nSPS) is 18.7. The van der Waals surface area contributed by atoms with Gasteiger partial charge in [-0.2, -0.15) is 0 Å². The van der Waals surface area contributed by atoms with Crippen LogP contribution in [0.15, 0.2) is 18.3 Å². The maximum atomic E-state index is 11.5. The molecule has 21 heavy (non-hydrogen) atoms. The van der Waals surface area contributed by atoms with E-state index in [0.717, 1.165) is 24.5 Å². The Labute approximate surface area is 124 Å². The van der Waals surface area contributed by atoms with Crippen molar-refractivity contribution in [3.05, 3.63) is 23.9 Å². The van der Waals surface area contributed by atoms with Gasteiger partial charge in [0, 0.05) is 32.9 Å². The quantitative estimate of drug-likeness (QED) is 0.660. The van der Waals surface area contributed by atoms with E-state index >= 15 is 0 Å². The zero-order chi connectivity index (χ0) is 15.1. The van der Waals surface area contributed by atoms with Crippen LogP contribution in [-0.2, 0) is 20.8 Å². The molecule has 0 radical (unpaired) electrons. The van der Waals surface area contributed by atoms with Gasteiger partial charge in [0.1, 0.15) is 11.9 Å². The smallest absolute Gasteiger partial charge is 0.242 e. The molecule has 0 aromatic carbocycles. The van der Waals surface area contributed by atoms with Gasteiger partial charge in [0.05, 0.1) is 19.8 Å². The highest BCUT2D eigenvalue weighted by Gasteiger charge is 2.28. The molecule has 2 rings (SSSR count). The second-order valence-corrected chi connectivity index (χ2v) is 4.88. The molecule has 1 unspecified atom stereocenters. The van der Waals surface area contributed by atoms with Gasteiger partial charge in [-0.3, -0.25) is 4.79 Å². The Bertz CT molecular complexity index is 452. The van der Waals surface area contributed by atoms with Crippen molar-refractivity contribution in [2.75, 3.05) is 44.9 Å². The minimum Gasteiger partial charge on any atom is -0.383 e. The largest absolute Gasteiger partial charge is 0.383 e. The average Bonchev–Trinajstić information content (AvgIpc) is 2.52. The fraction of sp³-hybridized carbons (Fsp3) is 0.571. The van der Waals surface area contributed by atoms with Gasteiger partial charge in [-0.1, -0.05) is 6.07 Å². The van der Waals surface area contributed by atoms with Crippen molar-refractivity contribution < 1.29 is 14.3 Å². The first kappa shape index (κ1) is 15.7. The standard InChI is InChI=1S/C14H22N4O3/c1-20-6-4-16-8-11-2-3-13(17-9-11)18-5-7-21-10-12(18)14(15)19/h2-3,9,12,16H,4-8,10H2,1H3,(H2,15,19). The van der Waals surface area contributed by atoms with Crippen molar-refractivity contribution in [1.82, 2.24) is 10.3 Å². The van der Waals surface area contributed by atoms with Crippen LogP contribution >= 0.6 is 0 Å². The van der Waals surface area contributed by atoms with Crippen molar-refractivity contribution in [1.29, 1.82) is 0 Å². The lowest BCUT2D eigenvalue weighted by atomic mass is 10.2. The number of pyridine rings is 1. The fourth-order valence-electron chi connectivity index (χ4n) is 2.21. The summed E-state index contributed by atoms with van der Waals surface area (Å²) in [4.78, 5) is 17.8. The van der Waals surface area contributed by atoms with E-state index < -0.39 is 6.04 Å². The van der Waals surface area contributed by atoms with Crippen LogP contribution in [0.2, 0.25) is 0 Å². The van der Waals surface area contributed by atoms with Crippen LogP contribution < -0.4 is 16.0 Å². The van der Waals surface area contributed by atoms with Gasteiger partial charge in [0.15, 0.2) is 0 Å². The lowest BCUT2D eigenvalue weighted by molar-refractivity contribution is -0.121. The maximum absolute atomic E-state index is 11.5. The van der Waals surface area contributed by atoms with Gasteiger partial charge in [-0.25, -0.2) is 4.98 Å². The summed E-state index contributed by atoms with van der Waals surface area (Å²) in [6, 6.07) is 3.46. The van der Waals surface area contributed by atoms with Crippen LogP contribution in [0, 0.1) is 0 Å². The summed E-state index contributed by atoms with van der Waals surface area (Å²) in [5.41, 5.74) is 6.49. The molecule has 1 aromatic heterocycles. The number of carbonyl (C=O) groups is 1. The molecular weight excluding hydrogens is 272 g/mol. The minimum atomic E-state index is -0.447.